The van der Waals surface area contributed by atoms with Gasteiger partial charge in [-0.3, -0.25) is 0 Å². The summed E-state index contributed by atoms with van der Waals surface area (Å²) in [5.74, 6) is 1.74. The third kappa shape index (κ3) is 2.22. The van der Waals surface area contributed by atoms with Gasteiger partial charge in [-0.15, -0.1) is 0 Å². The first-order valence-corrected chi connectivity index (χ1v) is 7.39. The summed E-state index contributed by atoms with van der Waals surface area (Å²) in [7, 11) is 0. The first-order valence-electron chi connectivity index (χ1n) is 6.61. The molecular weight excluding hydrogens is 260 g/mol. The van der Waals surface area contributed by atoms with E-state index >= 15 is 0 Å². The molecule has 0 unspecified atom stereocenters. The quantitative estimate of drug-likeness (QED) is 0.656. The van der Waals surface area contributed by atoms with E-state index in [1.807, 2.05) is 18.0 Å². The van der Waals surface area contributed by atoms with Crippen molar-refractivity contribution in [2.45, 2.75) is 4.90 Å². The fourth-order valence-electron chi connectivity index (χ4n) is 2.73. The van der Waals surface area contributed by atoms with Crippen LogP contribution in [-0.4, -0.2) is 43.7 Å². The summed E-state index contributed by atoms with van der Waals surface area (Å²) in [4.78, 5) is 1.22. The molecule has 100 valence electrons. The lowest BCUT2D eigenvalue weighted by atomic mass is 10.2. The molecule has 0 aromatic heterocycles. The second-order valence-electron chi connectivity index (χ2n) is 5.01. The van der Waals surface area contributed by atoms with Crippen molar-refractivity contribution in [2.75, 3.05) is 39.4 Å². The lowest BCUT2D eigenvalue weighted by molar-refractivity contribution is 0.171. The van der Waals surface area contributed by atoms with E-state index in [9.17, 15) is 0 Å². The van der Waals surface area contributed by atoms with Crippen molar-refractivity contribution < 1.29 is 9.47 Å². The number of ether oxygens (including phenoxy) is 2. The maximum absolute atomic E-state index is 5.63. The highest BCUT2D eigenvalue weighted by molar-refractivity contribution is 7.97. The van der Waals surface area contributed by atoms with Gasteiger partial charge in [0, 0.05) is 31.1 Å². The van der Waals surface area contributed by atoms with Gasteiger partial charge < -0.3 is 14.8 Å². The molecule has 4 nitrogen and oxygen atoms in total. The molecule has 0 spiro atoms. The Morgan fingerprint density at radius 3 is 2.53 bits per heavy atom. The molecule has 0 bridgehead atoms. The molecule has 0 fully saturated rings. The Balaban J connectivity index is 1.46. The molecule has 3 heterocycles. The van der Waals surface area contributed by atoms with Gasteiger partial charge in [0.05, 0.1) is 0 Å². The Labute approximate surface area is 116 Å². The van der Waals surface area contributed by atoms with Crippen LogP contribution in [0.5, 0.6) is 11.5 Å². The largest absolute Gasteiger partial charge is 0.486 e. The van der Waals surface area contributed by atoms with Gasteiger partial charge in [0.25, 0.3) is 0 Å². The highest BCUT2D eigenvalue weighted by Gasteiger charge is 2.26. The lowest BCUT2D eigenvalue weighted by Gasteiger charge is -2.20. The zero-order chi connectivity index (χ0) is 12.7. The molecule has 3 aliphatic heterocycles. The fraction of sp³-hybridized carbons (Fsp3) is 0.429. The van der Waals surface area contributed by atoms with E-state index in [-0.39, 0.29) is 0 Å². The molecule has 0 radical (unpaired) electrons. The number of benzene rings is 1. The monoisotopic (exact) mass is 276 g/mol. The molecule has 0 amide bonds. The molecule has 1 N–H and O–H groups in total. The van der Waals surface area contributed by atoms with Gasteiger partial charge in [-0.1, -0.05) is 0 Å². The van der Waals surface area contributed by atoms with Gasteiger partial charge in [0.15, 0.2) is 11.5 Å². The van der Waals surface area contributed by atoms with Crippen LogP contribution in [0, 0.1) is 0 Å². The van der Waals surface area contributed by atoms with Crippen molar-refractivity contribution >= 4 is 11.9 Å². The summed E-state index contributed by atoms with van der Waals surface area (Å²) in [6.45, 7) is 5.56. The van der Waals surface area contributed by atoms with Crippen LogP contribution in [0.4, 0.5) is 0 Å². The standard InChI is InChI=1S/C14H16N2O2S/c1-2-13-14(18-4-3-17-13)5-12(1)19-16-8-10-6-15-7-11(10)9-16/h1-2,5,15H,3-4,6-9H2. The molecule has 5 heteroatoms. The molecule has 0 aliphatic carbocycles. The summed E-state index contributed by atoms with van der Waals surface area (Å²) in [6, 6.07) is 6.20. The zero-order valence-corrected chi connectivity index (χ0v) is 11.5. The van der Waals surface area contributed by atoms with Gasteiger partial charge in [0.2, 0.25) is 0 Å². The SMILES string of the molecule is c1cc2c(cc1SN1CC3=C(CNC3)C1)OCCO2. The number of nitrogens with zero attached hydrogens (tertiary/aromatic N) is 1. The van der Waals surface area contributed by atoms with Crippen LogP contribution in [-0.2, 0) is 0 Å². The zero-order valence-electron chi connectivity index (χ0n) is 10.6. The Morgan fingerprint density at radius 2 is 1.74 bits per heavy atom. The summed E-state index contributed by atoms with van der Waals surface area (Å²) in [6.07, 6.45) is 0. The van der Waals surface area contributed by atoms with Crippen LogP contribution in [0.2, 0.25) is 0 Å². The van der Waals surface area contributed by atoms with Gasteiger partial charge in [0.1, 0.15) is 13.2 Å². The molecule has 0 saturated heterocycles. The maximum atomic E-state index is 5.63. The number of fused-ring (bicyclic) bond motifs is 1. The molecule has 1 aromatic carbocycles. The smallest absolute Gasteiger partial charge is 0.162 e. The molecular formula is C14H16N2O2S. The van der Waals surface area contributed by atoms with Crippen molar-refractivity contribution in [2.24, 2.45) is 0 Å². The van der Waals surface area contributed by atoms with Crippen molar-refractivity contribution in [1.82, 2.24) is 9.62 Å². The summed E-state index contributed by atoms with van der Waals surface area (Å²) < 4.78 is 13.6. The predicted octanol–water partition coefficient (Wildman–Crippen LogP) is 1.68. The van der Waals surface area contributed by atoms with Crippen LogP contribution < -0.4 is 14.8 Å². The number of hydrogen-bond donors (Lipinski definition) is 1. The third-order valence-electron chi connectivity index (χ3n) is 3.66. The normalized spacial score (nSPS) is 21.9. The highest BCUT2D eigenvalue weighted by atomic mass is 32.2. The van der Waals surface area contributed by atoms with E-state index in [0.29, 0.717) is 13.2 Å². The van der Waals surface area contributed by atoms with Crippen molar-refractivity contribution in [3.63, 3.8) is 0 Å². The summed E-state index contributed by atoms with van der Waals surface area (Å²) in [5.41, 5.74) is 3.15. The maximum Gasteiger partial charge on any atom is 0.162 e. The van der Waals surface area contributed by atoms with Gasteiger partial charge in [-0.25, -0.2) is 4.31 Å². The van der Waals surface area contributed by atoms with E-state index in [1.54, 1.807) is 11.1 Å². The van der Waals surface area contributed by atoms with Crippen LogP contribution in [0.15, 0.2) is 34.2 Å². The van der Waals surface area contributed by atoms with E-state index < -0.39 is 0 Å². The van der Waals surface area contributed by atoms with Gasteiger partial charge in [-0.2, -0.15) is 0 Å². The van der Waals surface area contributed by atoms with Gasteiger partial charge >= 0.3 is 0 Å². The van der Waals surface area contributed by atoms with Crippen molar-refractivity contribution in [1.29, 1.82) is 0 Å². The Morgan fingerprint density at radius 1 is 1.00 bits per heavy atom. The van der Waals surface area contributed by atoms with Crippen LogP contribution in [0.1, 0.15) is 0 Å². The fourth-order valence-corrected chi connectivity index (χ4v) is 3.75. The molecule has 1 aromatic rings. The Kier molecular flexibility index (Phi) is 2.90. The minimum absolute atomic E-state index is 0.645. The highest BCUT2D eigenvalue weighted by Crippen LogP contribution is 2.37. The lowest BCUT2D eigenvalue weighted by Crippen LogP contribution is -2.21. The second-order valence-corrected chi connectivity index (χ2v) is 6.18. The van der Waals surface area contributed by atoms with Crippen molar-refractivity contribution in [3.05, 3.63) is 29.3 Å². The number of hydrogen-bond acceptors (Lipinski definition) is 5. The van der Waals surface area contributed by atoms with E-state index in [0.717, 1.165) is 37.7 Å². The minimum Gasteiger partial charge on any atom is -0.486 e. The average molecular weight is 276 g/mol. The summed E-state index contributed by atoms with van der Waals surface area (Å²) in [5, 5.41) is 3.40. The van der Waals surface area contributed by atoms with Crippen molar-refractivity contribution in [3.8, 4) is 11.5 Å². The van der Waals surface area contributed by atoms with E-state index in [4.69, 9.17) is 9.47 Å². The molecule has 0 atom stereocenters. The molecule has 0 saturated carbocycles. The molecule has 4 rings (SSSR count). The topological polar surface area (TPSA) is 33.7 Å². The van der Waals surface area contributed by atoms with Crippen LogP contribution in [0.3, 0.4) is 0 Å². The van der Waals surface area contributed by atoms with Gasteiger partial charge in [-0.05, 0) is 41.3 Å². The van der Waals surface area contributed by atoms with Crippen LogP contribution in [0.25, 0.3) is 0 Å². The second kappa shape index (κ2) is 4.74. The minimum atomic E-state index is 0.645. The number of nitrogens with one attached hydrogen (secondary N) is 1. The predicted molar refractivity (Wildman–Crippen MR) is 74.8 cm³/mol. The average Bonchev–Trinajstić information content (AvgIpc) is 2.99. The number of rotatable bonds is 2. The molecule has 3 aliphatic rings. The molecule has 19 heavy (non-hydrogen) atoms. The first kappa shape index (κ1) is 11.6. The first-order chi connectivity index (χ1) is 9.38. The van der Waals surface area contributed by atoms with Crippen LogP contribution >= 0.6 is 11.9 Å². The third-order valence-corrected chi connectivity index (χ3v) is 4.64. The van der Waals surface area contributed by atoms with E-state index in [1.165, 1.54) is 4.90 Å². The Hall–Kier alpha value is -1.17. The van der Waals surface area contributed by atoms with E-state index in [2.05, 4.69) is 21.8 Å². The Bertz CT molecular complexity index is 528. The summed E-state index contributed by atoms with van der Waals surface area (Å²) >= 11 is 1.81.